The Bertz CT molecular complexity index is 103. The van der Waals surface area contributed by atoms with E-state index >= 15 is 0 Å². The van der Waals surface area contributed by atoms with Gasteiger partial charge in [-0.1, -0.05) is 83.9 Å². The summed E-state index contributed by atoms with van der Waals surface area (Å²) in [5.41, 5.74) is 0. The van der Waals surface area contributed by atoms with Crippen LogP contribution >= 0.6 is 0 Å². The maximum Gasteiger partial charge on any atom is 0 e. The average Bonchev–Trinajstić information content (AvgIpc) is 1.41. The van der Waals surface area contributed by atoms with Crippen molar-refractivity contribution in [3.63, 3.8) is 0 Å². The Labute approximate surface area is 122 Å². The zero-order valence-electron chi connectivity index (χ0n) is 12.7. The van der Waals surface area contributed by atoms with E-state index in [1.807, 2.05) is 0 Å². The molecule has 0 heterocycles. The van der Waals surface area contributed by atoms with Crippen molar-refractivity contribution in [2.24, 2.45) is 0 Å². The summed E-state index contributed by atoms with van der Waals surface area (Å²) in [6.45, 7) is 15.9. The topological polar surface area (TPSA) is 101 Å². The number of rotatable bonds is 0. The van der Waals surface area contributed by atoms with E-state index in [-0.39, 0.29) is 24.0 Å². The first-order valence-corrected chi connectivity index (χ1v) is 15.3. The maximum absolute atomic E-state index is 10.2. The van der Waals surface area contributed by atoms with E-state index < -0.39 is 25.0 Å². The monoisotopic (exact) mass is 336 g/mol. The van der Waals surface area contributed by atoms with Gasteiger partial charge in [-0.2, -0.15) is 0 Å². The van der Waals surface area contributed by atoms with Crippen molar-refractivity contribution in [2.45, 2.75) is 58.9 Å². The quantitative estimate of drug-likeness (QED) is 0.568. The minimum Gasteiger partial charge on any atom is -0.859 e. The van der Waals surface area contributed by atoms with Crippen LogP contribution in [0, 0.1) is 0 Å². The van der Waals surface area contributed by atoms with Crippen LogP contribution in [0.2, 0.25) is 58.9 Å². The van der Waals surface area contributed by atoms with Gasteiger partial charge in [-0.15, -0.1) is 0 Å². The predicted molar refractivity (Wildman–Crippen MR) is 73.7 cm³/mol. The van der Waals surface area contributed by atoms with Crippen LogP contribution in [0.5, 0.6) is 0 Å². The van der Waals surface area contributed by atoms with Gasteiger partial charge in [-0.3, -0.25) is 0 Å². The minimum atomic E-state index is -1.86. The molecule has 0 bridgehead atoms. The fourth-order valence-corrected chi connectivity index (χ4v) is 0. The number of hydrogen-bond donors (Lipinski definition) is 0. The third kappa shape index (κ3) is 3360. The van der Waals surface area contributed by atoms with Crippen molar-refractivity contribution < 1.29 is 38.4 Å². The van der Waals surface area contributed by atoms with E-state index in [1.165, 1.54) is 0 Å². The summed E-state index contributed by atoms with van der Waals surface area (Å²) in [5, 5.41) is 0. The van der Waals surface area contributed by atoms with Gasteiger partial charge in [0.25, 0.3) is 0 Å². The molecule has 0 amide bonds. The molecule has 4 nitrogen and oxygen atoms in total. The van der Waals surface area contributed by atoms with Gasteiger partial charge in [-0.05, 0) is 0 Å². The average molecular weight is 337 g/mol. The molecule has 0 aliphatic heterocycles. The normalized spacial score (nSPS) is 10.6. The predicted octanol–water partition coefficient (Wildman–Crippen LogP) is -0.282. The van der Waals surface area contributed by atoms with E-state index in [4.69, 9.17) is 0 Å². The summed E-state index contributed by atoms with van der Waals surface area (Å²) in [4.78, 5) is 30.7. The van der Waals surface area contributed by atoms with Crippen molar-refractivity contribution in [1.82, 2.24) is 0 Å². The first kappa shape index (κ1) is 30.8. The molecule has 0 rings (SSSR count). The molecular formula is C9H29O4Si3V-3. The molecule has 0 aliphatic rings. The van der Waals surface area contributed by atoms with Crippen LogP contribution < -0.4 is 14.4 Å². The zero-order chi connectivity index (χ0) is 13.5. The van der Waals surface area contributed by atoms with E-state index in [0.717, 1.165) is 0 Å². The van der Waals surface area contributed by atoms with Crippen LogP contribution in [0.4, 0.5) is 0 Å². The molecule has 0 aromatic heterocycles. The fourth-order valence-electron chi connectivity index (χ4n) is 0. The van der Waals surface area contributed by atoms with Crippen LogP contribution in [0.25, 0.3) is 0 Å². The summed E-state index contributed by atoms with van der Waals surface area (Å²) in [6, 6.07) is 0. The van der Waals surface area contributed by atoms with Crippen molar-refractivity contribution in [3.8, 4) is 0 Å². The fraction of sp³-hybridized carbons (Fsp3) is 1.00. The molecule has 0 fully saturated rings. The van der Waals surface area contributed by atoms with Crippen molar-refractivity contribution >= 4 is 25.0 Å². The molecule has 17 heavy (non-hydrogen) atoms. The SMILES string of the molecule is C[Si](C)(C)[O-].C[Si](C)(C)[O-].C[Si](C)(C)[O-].O.[V]. The molecule has 0 saturated carbocycles. The summed E-state index contributed by atoms with van der Waals surface area (Å²) < 4.78 is 0. The van der Waals surface area contributed by atoms with Crippen LogP contribution in [-0.2, 0) is 18.6 Å². The molecule has 1 radical (unpaired) electrons. The zero-order valence-corrected chi connectivity index (χ0v) is 17.1. The molecule has 0 aliphatic carbocycles. The van der Waals surface area contributed by atoms with E-state index in [9.17, 15) is 14.4 Å². The summed E-state index contributed by atoms with van der Waals surface area (Å²) in [7, 11) is -5.58. The molecule has 0 saturated heterocycles. The summed E-state index contributed by atoms with van der Waals surface area (Å²) in [5.74, 6) is 0. The molecule has 0 atom stereocenters. The molecule has 0 unspecified atom stereocenters. The van der Waals surface area contributed by atoms with Crippen LogP contribution in [-0.4, -0.2) is 30.4 Å². The first-order valence-electron chi connectivity index (χ1n) is 5.11. The van der Waals surface area contributed by atoms with Gasteiger partial charge in [-0.25, -0.2) is 0 Å². The van der Waals surface area contributed by atoms with Crippen LogP contribution in [0.1, 0.15) is 0 Å². The molecular weight excluding hydrogens is 307 g/mol. The second-order valence-electron chi connectivity index (χ2n) is 6.34. The van der Waals surface area contributed by atoms with Gasteiger partial charge in [0.2, 0.25) is 0 Å². The Balaban J connectivity index is -0.0000000400. The van der Waals surface area contributed by atoms with Crippen molar-refractivity contribution in [3.05, 3.63) is 0 Å². The summed E-state index contributed by atoms with van der Waals surface area (Å²) in [6.07, 6.45) is 0. The minimum absolute atomic E-state index is 0. The van der Waals surface area contributed by atoms with Gasteiger partial charge in [0.15, 0.2) is 0 Å². The largest absolute Gasteiger partial charge is 0.859 e. The first-order chi connectivity index (χ1) is 6.00. The Morgan fingerprint density at radius 3 is 0.471 bits per heavy atom. The third-order valence-electron chi connectivity index (χ3n) is 0. The van der Waals surface area contributed by atoms with Crippen LogP contribution in [0.3, 0.4) is 0 Å². The second kappa shape index (κ2) is 12.1. The molecule has 2 N–H and O–H groups in total. The van der Waals surface area contributed by atoms with Gasteiger partial charge in [0, 0.05) is 18.6 Å². The van der Waals surface area contributed by atoms with Crippen molar-refractivity contribution in [1.29, 1.82) is 0 Å². The molecule has 0 spiro atoms. The molecule has 109 valence electrons. The number of hydrogen-bond acceptors (Lipinski definition) is 3. The van der Waals surface area contributed by atoms with Gasteiger partial charge in [0.05, 0.1) is 0 Å². The van der Waals surface area contributed by atoms with Gasteiger partial charge < -0.3 is 19.9 Å². The Morgan fingerprint density at radius 2 is 0.471 bits per heavy atom. The third-order valence-corrected chi connectivity index (χ3v) is 0. The van der Waals surface area contributed by atoms with Gasteiger partial charge >= 0.3 is 0 Å². The molecule has 0 aromatic rings. The Morgan fingerprint density at radius 1 is 0.471 bits per heavy atom. The Hall–Kier alpha value is 1.08. The smallest absolute Gasteiger partial charge is 0 e. The van der Waals surface area contributed by atoms with Crippen LogP contribution in [0.15, 0.2) is 0 Å². The van der Waals surface area contributed by atoms with E-state index in [0.29, 0.717) is 0 Å². The maximum atomic E-state index is 10.2. The standard InChI is InChI=1S/3C3H9OSi.H2O.V/c3*1-5(2,3)4;;/h3*1-3H3;1H2;/q3*-1;;. The molecule has 8 heteroatoms. The molecule has 0 aromatic carbocycles. The van der Waals surface area contributed by atoms with Gasteiger partial charge in [0.1, 0.15) is 0 Å². The van der Waals surface area contributed by atoms with E-state index in [1.54, 1.807) is 58.9 Å². The van der Waals surface area contributed by atoms with Crippen molar-refractivity contribution in [2.75, 3.05) is 0 Å². The van der Waals surface area contributed by atoms with E-state index in [2.05, 4.69) is 0 Å². The Kier molecular flexibility index (Phi) is 22.0. The summed E-state index contributed by atoms with van der Waals surface area (Å²) >= 11 is 0. The second-order valence-corrected chi connectivity index (χ2v) is 19.0.